The monoisotopic (exact) mass is 330 g/mol. The molecule has 0 aromatic heterocycles. The fourth-order valence-electron chi connectivity index (χ4n) is 2.26. The normalized spacial score (nSPS) is 10.4. The number of nitrogens with one attached hydrogen (secondary N) is 2. The molecule has 2 rings (SSSR count). The molecule has 0 radical (unpaired) electrons. The third kappa shape index (κ3) is 4.74. The number of ether oxygens (including phenoxy) is 1. The average molecular weight is 330 g/mol. The highest BCUT2D eigenvalue weighted by molar-refractivity contribution is 7.98. The Labute approximate surface area is 141 Å². The summed E-state index contributed by atoms with van der Waals surface area (Å²) >= 11 is 1.68. The number of rotatable bonds is 7. The molecule has 0 saturated carbocycles. The first-order chi connectivity index (χ1) is 11.2. The number of methoxy groups -OCH3 is 1. The minimum atomic E-state index is -0.0644. The van der Waals surface area contributed by atoms with Gasteiger partial charge in [-0.1, -0.05) is 18.2 Å². The van der Waals surface area contributed by atoms with E-state index in [1.165, 1.54) is 5.56 Å². The quantitative estimate of drug-likeness (QED) is 0.766. The van der Waals surface area contributed by atoms with Crippen molar-refractivity contribution in [2.75, 3.05) is 20.4 Å². The van der Waals surface area contributed by atoms with Gasteiger partial charge >= 0.3 is 0 Å². The lowest BCUT2D eigenvalue weighted by atomic mass is 10.1. The van der Waals surface area contributed by atoms with E-state index in [0.717, 1.165) is 29.3 Å². The van der Waals surface area contributed by atoms with Crippen molar-refractivity contribution >= 4 is 17.7 Å². The SMILES string of the molecule is CNC(=O)c1ccc(CNCc2ccc(SC)c(OC)c2)cc1. The summed E-state index contributed by atoms with van der Waals surface area (Å²) in [6.07, 6.45) is 2.04. The molecule has 0 aliphatic carbocycles. The Kier molecular flexibility index (Phi) is 6.50. The van der Waals surface area contributed by atoms with Gasteiger partial charge in [0.25, 0.3) is 5.91 Å². The van der Waals surface area contributed by atoms with Crippen molar-refractivity contribution < 1.29 is 9.53 Å². The number of amides is 1. The van der Waals surface area contributed by atoms with Crippen LogP contribution in [0.1, 0.15) is 21.5 Å². The molecule has 2 N–H and O–H groups in total. The lowest BCUT2D eigenvalue weighted by Gasteiger charge is -2.10. The van der Waals surface area contributed by atoms with Crippen LogP contribution in [0.2, 0.25) is 0 Å². The van der Waals surface area contributed by atoms with E-state index in [1.807, 2.05) is 30.5 Å². The summed E-state index contributed by atoms with van der Waals surface area (Å²) in [4.78, 5) is 12.6. The van der Waals surface area contributed by atoms with E-state index in [-0.39, 0.29) is 5.91 Å². The van der Waals surface area contributed by atoms with Crippen molar-refractivity contribution in [3.63, 3.8) is 0 Å². The smallest absolute Gasteiger partial charge is 0.251 e. The van der Waals surface area contributed by atoms with Gasteiger partial charge in [-0.15, -0.1) is 11.8 Å². The van der Waals surface area contributed by atoms with Crippen LogP contribution in [0.25, 0.3) is 0 Å². The third-order valence-electron chi connectivity index (χ3n) is 3.55. The predicted molar refractivity (Wildman–Crippen MR) is 95.2 cm³/mol. The second-order valence-corrected chi connectivity index (χ2v) is 5.92. The fourth-order valence-corrected chi connectivity index (χ4v) is 2.81. The molecule has 0 fully saturated rings. The minimum absolute atomic E-state index is 0.0644. The fraction of sp³-hybridized carbons (Fsp3) is 0.278. The Balaban J connectivity index is 1.91. The Morgan fingerprint density at radius 3 is 2.35 bits per heavy atom. The van der Waals surface area contributed by atoms with Crippen LogP contribution in [-0.2, 0) is 13.1 Å². The average Bonchev–Trinajstić information content (AvgIpc) is 2.61. The lowest BCUT2D eigenvalue weighted by Crippen LogP contribution is -2.18. The number of carbonyl (C=O) groups is 1. The molecule has 2 aromatic carbocycles. The molecule has 1 amide bonds. The molecule has 4 nitrogen and oxygen atoms in total. The summed E-state index contributed by atoms with van der Waals surface area (Å²) in [5.41, 5.74) is 3.00. The van der Waals surface area contributed by atoms with Crippen LogP contribution in [0, 0.1) is 0 Å². The Morgan fingerprint density at radius 2 is 1.74 bits per heavy atom. The van der Waals surface area contributed by atoms with Crippen LogP contribution in [0.3, 0.4) is 0 Å². The molecule has 0 unspecified atom stereocenters. The molecule has 0 heterocycles. The zero-order chi connectivity index (χ0) is 16.7. The predicted octanol–water partition coefficient (Wildman–Crippen LogP) is 3.07. The first kappa shape index (κ1) is 17.4. The van der Waals surface area contributed by atoms with Crippen molar-refractivity contribution in [3.8, 4) is 5.75 Å². The highest BCUT2D eigenvalue weighted by Crippen LogP contribution is 2.28. The highest BCUT2D eigenvalue weighted by atomic mass is 32.2. The molecule has 0 spiro atoms. The molecular formula is C18H22N2O2S. The van der Waals surface area contributed by atoms with E-state index < -0.39 is 0 Å². The largest absolute Gasteiger partial charge is 0.496 e. The molecule has 0 aliphatic rings. The van der Waals surface area contributed by atoms with E-state index >= 15 is 0 Å². The van der Waals surface area contributed by atoms with Crippen molar-refractivity contribution in [2.45, 2.75) is 18.0 Å². The van der Waals surface area contributed by atoms with Gasteiger partial charge < -0.3 is 15.4 Å². The Bertz CT molecular complexity index is 657. The first-order valence-corrected chi connectivity index (χ1v) is 8.63. The van der Waals surface area contributed by atoms with Crippen LogP contribution in [0.15, 0.2) is 47.4 Å². The van der Waals surface area contributed by atoms with Gasteiger partial charge in [0.05, 0.1) is 7.11 Å². The zero-order valence-electron chi connectivity index (χ0n) is 13.7. The van der Waals surface area contributed by atoms with Gasteiger partial charge in [-0.25, -0.2) is 0 Å². The summed E-state index contributed by atoms with van der Waals surface area (Å²) < 4.78 is 5.40. The molecule has 0 saturated heterocycles. The second kappa shape index (κ2) is 8.60. The summed E-state index contributed by atoms with van der Waals surface area (Å²) in [5, 5.41) is 6.02. The van der Waals surface area contributed by atoms with Crippen LogP contribution >= 0.6 is 11.8 Å². The van der Waals surface area contributed by atoms with Crippen molar-refractivity contribution in [1.29, 1.82) is 0 Å². The number of hydrogen-bond donors (Lipinski definition) is 2. The van der Waals surface area contributed by atoms with Gasteiger partial charge in [0.1, 0.15) is 5.75 Å². The Hall–Kier alpha value is -1.98. The van der Waals surface area contributed by atoms with Gasteiger partial charge in [0.2, 0.25) is 0 Å². The van der Waals surface area contributed by atoms with E-state index in [9.17, 15) is 4.79 Å². The number of hydrogen-bond acceptors (Lipinski definition) is 4. The van der Waals surface area contributed by atoms with E-state index in [0.29, 0.717) is 5.56 Å². The maximum Gasteiger partial charge on any atom is 0.251 e. The number of thioether (sulfide) groups is 1. The van der Waals surface area contributed by atoms with Crippen molar-refractivity contribution in [3.05, 3.63) is 59.2 Å². The van der Waals surface area contributed by atoms with Gasteiger partial charge in [0.15, 0.2) is 0 Å². The van der Waals surface area contributed by atoms with Gasteiger partial charge in [-0.3, -0.25) is 4.79 Å². The molecule has 0 atom stereocenters. The summed E-state index contributed by atoms with van der Waals surface area (Å²) in [5.74, 6) is 0.845. The standard InChI is InChI=1S/C18H22N2O2S/c1-19-18(21)15-7-4-13(5-8-15)11-20-12-14-6-9-17(23-3)16(10-14)22-2/h4-10,20H,11-12H2,1-3H3,(H,19,21). The molecular weight excluding hydrogens is 308 g/mol. The summed E-state index contributed by atoms with van der Waals surface area (Å²) in [6.45, 7) is 1.52. The van der Waals surface area contributed by atoms with E-state index in [1.54, 1.807) is 25.9 Å². The van der Waals surface area contributed by atoms with Gasteiger partial charge in [-0.2, -0.15) is 0 Å². The molecule has 5 heteroatoms. The maximum absolute atomic E-state index is 11.5. The zero-order valence-corrected chi connectivity index (χ0v) is 14.5. The topological polar surface area (TPSA) is 50.4 Å². The third-order valence-corrected chi connectivity index (χ3v) is 4.33. The van der Waals surface area contributed by atoms with Crippen molar-refractivity contribution in [2.24, 2.45) is 0 Å². The maximum atomic E-state index is 11.5. The number of benzene rings is 2. The molecule has 2 aromatic rings. The number of carbonyl (C=O) groups excluding carboxylic acids is 1. The Morgan fingerprint density at radius 1 is 1.09 bits per heavy atom. The van der Waals surface area contributed by atoms with Crippen LogP contribution in [0.4, 0.5) is 0 Å². The van der Waals surface area contributed by atoms with E-state index in [4.69, 9.17) is 4.74 Å². The van der Waals surface area contributed by atoms with Gasteiger partial charge in [0, 0.05) is 30.6 Å². The lowest BCUT2D eigenvalue weighted by molar-refractivity contribution is 0.0963. The van der Waals surface area contributed by atoms with Crippen LogP contribution in [0.5, 0.6) is 5.75 Å². The minimum Gasteiger partial charge on any atom is -0.496 e. The highest BCUT2D eigenvalue weighted by Gasteiger charge is 2.04. The van der Waals surface area contributed by atoms with Crippen LogP contribution < -0.4 is 15.4 Å². The van der Waals surface area contributed by atoms with Crippen LogP contribution in [-0.4, -0.2) is 26.3 Å². The summed E-state index contributed by atoms with van der Waals surface area (Å²) in [6, 6.07) is 13.9. The molecule has 0 aliphatic heterocycles. The summed E-state index contributed by atoms with van der Waals surface area (Å²) in [7, 11) is 3.33. The molecule has 0 bridgehead atoms. The van der Waals surface area contributed by atoms with E-state index in [2.05, 4.69) is 28.8 Å². The molecule has 23 heavy (non-hydrogen) atoms. The molecule has 122 valence electrons. The first-order valence-electron chi connectivity index (χ1n) is 7.40. The second-order valence-electron chi connectivity index (χ2n) is 5.07. The van der Waals surface area contributed by atoms with Gasteiger partial charge in [-0.05, 0) is 41.6 Å². The van der Waals surface area contributed by atoms with Crippen molar-refractivity contribution in [1.82, 2.24) is 10.6 Å².